The van der Waals surface area contributed by atoms with Crippen LogP contribution < -0.4 is 10.6 Å². The zero-order valence-corrected chi connectivity index (χ0v) is 10.4. The lowest BCUT2D eigenvalue weighted by Gasteiger charge is -2.22. The number of halogens is 3. The molecule has 8 heteroatoms. The lowest BCUT2D eigenvalue weighted by atomic mass is 10.3. The normalized spacial score (nSPS) is 12.5. The van der Waals surface area contributed by atoms with Gasteiger partial charge in [-0.05, 0) is 12.1 Å². The maximum atomic E-state index is 12.5. The van der Waals surface area contributed by atoms with Gasteiger partial charge in [0.25, 0.3) is 9.84 Å². The van der Waals surface area contributed by atoms with Crippen molar-refractivity contribution in [1.82, 2.24) is 0 Å². The predicted octanol–water partition coefficient (Wildman–Crippen LogP) is 1.38. The molecule has 0 aliphatic heterocycles. The number of nitrogens with two attached hydrogens (primary N) is 1. The predicted molar refractivity (Wildman–Crippen MR) is 62.0 cm³/mol. The van der Waals surface area contributed by atoms with Crippen LogP contribution in [-0.2, 0) is 9.84 Å². The number of alkyl halides is 3. The molecular weight excluding hydrogens is 269 g/mol. The molecule has 4 nitrogen and oxygen atoms in total. The van der Waals surface area contributed by atoms with E-state index in [0.29, 0.717) is 0 Å². The summed E-state index contributed by atoms with van der Waals surface area (Å²) in [4.78, 5) is 0.618. The second-order valence-corrected chi connectivity index (χ2v) is 5.54. The van der Waals surface area contributed by atoms with Gasteiger partial charge < -0.3 is 10.6 Å². The fourth-order valence-corrected chi connectivity index (χ4v) is 2.44. The molecule has 0 unspecified atom stereocenters. The van der Waals surface area contributed by atoms with Crippen molar-refractivity contribution in [2.75, 3.05) is 25.0 Å². The SMILES string of the molecule is CN(CCN)c1ccccc1S(=O)(=O)C(F)(F)F. The first-order valence-electron chi connectivity index (χ1n) is 5.03. The molecule has 0 amide bonds. The Morgan fingerprint density at radius 3 is 2.33 bits per heavy atom. The van der Waals surface area contributed by atoms with E-state index < -0.39 is 20.2 Å². The van der Waals surface area contributed by atoms with Gasteiger partial charge in [0, 0.05) is 20.1 Å². The topological polar surface area (TPSA) is 63.4 Å². The van der Waals surface area contributed by atoms with Crippen LogP contribution in [0, 0.1) is 0 Å². The fraction of sp³-hybridized carbons (Fsp3) is 0.400. The highest BCUT2D eigenvalue weighted by molar-refractivity contribution is 7.92. The number of benzene rings is 1. The molecule has 18 heavy (non-hydrogen) atoms. The molecule has 0 saturated heterocycles. The third-order valence-corrected chi connectivity index (χ3v) is 3.87. The monoisotopic (exact) mass is 282 g/mol. The summed E-state index contributed by atoms with van der Waals surface area (Å²) in [6, 6.07) is 4.97. The van der Waals surface area contributed by atoms with Crippen LogP contribution in [0.25, 0.3) is 0 Å². The molecule has 1 aromatic rings. The van der Waals surface area contributed by atoms with Gasteiger partial charge in [0.2, 0.25) is 0 Å². The first kappa shape index (κ1) is 14.8. The molecular formula is C10H13F3N2O2S. The Labute approximate surface area is 103 Å². The maximum absolute atomic E-state index is 12.5. The van der Waals surface area contributed by atoms with Crippen LogP contribution >= 0.6 is 0 Å². The molecule has 1 aromatic carbocycles. The number of para-hydroxylation sites is 1. The third-order valence-electron chi connectivity index (χ3n) is 2.34. The van der Waals surface area contributed by atoms with Gasteiger partial charge in [-0.3, -0.25) is 0 Å². The Bertz CT molecular complexity index is 514. The van der Waals surface area contributed by atoms with E-state index >= 15 is 0 Å². The van der Waals surface area contributed by atoms with Crippen LogP contribution in [-0.4, -0.2) is 34.1 Å². The highest BCUT2D eigenvalue weighted by atomic mass is 32.2. The number of rotatable bonds is 4. The number of sulfone groups is 1. The van der Waals surface area contributed by atoms with E-state index in [1.165, 1.54) is 30.1 Å². The lowest BCUT2D eigenvalue weighted by Crippen LogP contribution is -2.29. The van der Waals surface area contributed by atoms with E-state index in [-0.39, 0.29) is 18.8 Å². The molecule has 2 N–H and O–H groups in total. The zero-order chi connectivity index (χ0) is 14.0. The molecule has 0 atom stereocenters. The van der Waals surface area contributed by atoms with E-state index in [0.717, 1.165) is 6.07 Å². The van der Waals surface area contributed by atoms with Gasteiger partial charge >= 0.3 is 5.51 Å². The van der Waals surface area contributed by atoms with Crippen LogP contribution in [0.3, 0.4) is 0 Å². The second kappa shape index (κ2) is 5.15. The van der Waals surface area contributed by atoms with Crippen LogP contribution in [0.4, 0.5) is 18.9 Å². The van der Waals surface area contributed by atoms with E-state index in [1.54, 1.807) is 0 Å². The fourth-order valence-electron chi connectivity index (χ4n) is 1.44. The van der Waals surface area contributed by atoms with Crippen molar-refractivity contribution < 1.29 is 21.6 Å². The summed E-state index contributed by atoms with van der Waals surface area (Å²) in [5.41, 5.74) is -0.0281. The minimum absolute atomic E-state index is 0.0136. The average Bonchev–Trinajstić information content (AvgIpc) is 2.28. The summed E-state index contributed by atoms with van der Waals surface area (Å²) in [5.74, 6) is 0. The van der Waals surface area contributed by atoms with Gasteiger partial charge in [-0.1, -0.05) is 12.1 Å². The Kier molecular flexibility index (Phi) is 4.23. The summed E-state index contributed by atoms with van der Waals surface area (Å²) in [5, 5.41) is 0. The molecule has 1 rings (SSSR count). The smallest absolute Gasteiger partial charge is 0.372 e. The number of hydrogen-bond donors (Lipinski definition) is 1. The first-order chi connectivity index (χ1) is 8.21. The molecule has 0 aliphatic rings. The number of hydrogen-bond acceptors (Lipinski definition) is 4. The maximum Gasteiger partial charge on any atom is 0.501 e. The molecule has 0 aromatic heterocycles. The molecule has 0 radical (unpaired) electrons. The molecule has 0 saturated carbocycles. The van der Waals surface area contributed by atoms with Crippen LogP contribution in [0.2, 0.25) is 0 Å². The van der Waals surface area contributed by atoms with Crippen molar-refractivity contribution in [3.63, 3.8) is 0 Å². The Hall–Kier alpha value is -1.28. The minimum Gasteiger partial charge on any atom is -0.372 e. The average molecular weight is 282 g/mol. The molecule has 0 bridgehead atoms. The quantitative estimate of drug-likeness (QED) is 0.906. The van der Waals surface area contributed by atoms with Gasteiger partial charge in [-0.25, -0.2) is 8.42 Å². The number of likely N-dealkylation sites (N-methyl/N-ethyl adjacent to an activating group) is 1. The summed E-state index contributed by atoms with van der Waals surface area (Å²) in [7, 11) is -3.87. The number of nitrogens with zero attached hydrogens (tertiary/aromatic N) is 1. The molecule has 0 fully saturated rings. The molecule has 0 aliphatic carbocycles. The van der Waals surface area contributed by atoms with E-state index in [9.17, 15) is 21.6 Å². The van der Waals surface area contributed by atoms with Gasteiger partial charge in [0.05, 0.1) is 10.6 Å². The third kappa shape index (κ3) is 2.75. The van der Waals surface area contributed by atoms with E-state index in [1.807, 2.05) is 0 Å². The zero-order valence-electron chi connectivity index (χ0n) is 9.61. The summed E-state index contributed by atoms with van der Waals surface area (Å²) < 4.78 is 60.4. The molecule has 0 spiro atoms. The highest BCUT2D eigenvalue weighted by Crippen LogP contribution is 2.35. The standard InChI is InChI=1S/C10H13F3N2O2S/c1-15(7-6-14)8-4-2-3-5-9(8)18(16,17)10(11,12)13/h2-5H,6-7,14H2,1H3. The van der Waals surface area contributed by atoms with Crippen molar-refractivity contribution in [3.05, 3.63) is 24.3 Å². The van der Waals surface area contributed by atoms with E-state index in [4.69, 9.17) is 5.73 Å². The van der Waals surface area contributed by atoms with Gasteiger partial charge in [-0.15, -0.1) is 0 Å². The van der Waals surface area contributed by atoms with Gasteiger partial charge in [0.15, 0.2) is 0 Å². The van der Waals surface area contributed by atoms with Crippen molar-refractivity contribution >= 4 is 15.5 Å². The van der Waals surface area contributed by atoms with E-state index in [2.05, 4.69) is 0 Å². The molecule has 0 heterocycles. The second-order valence-electron chi connectivity index (χ2n) is 3.63. The summed E-state index contributed by atoms with van der Waals surface area (Å²) in [6.45, 7) is 0.460. The van der Waals surface area contributed by atoms with Crippen molar-refractivity contribution in [2.24, 2.45) is 5.73 Å². The van der Waals surface area contributed by atoms with Gasteiger partial charge in [-0.2, -0.15) is 13.2 Å². The first-order valence-corrected chi connectivity index (χ1v) is 6.51. The molecule has 102 valence electrons. The Morgan fingerprint density at radius 1 is 1.28 bits per heavy atom. The highest BCUT2D eigenvalue weighted by Gasteiger charge is 2.48. The summed E-state index contributed by atoms with van der Waals surface area (Å²) >= 11 is 0. The van der Waals surface area contributed by atoms with Crippen LogP contribution in [0.5, 0.6) is 0 Å². The van der Waals surface area contributed by atoms with Gasteiger partial charge in [0.1, 0.15) is 0 Å². The minimum atomic E-state index is -5.35. The van der Waals surface area contributed by atoms with Crippen molar-refractivity contribution in [3.8, 4) is 0 Å². The summed E-state index contributed by atoms with van der Waals surface area (Å²) in [6.07, 6.45) is 0. The Morgan fingerprint density at radius 2 is 1.83 bits per heavy atom. The van der Waals surface area contributed by atoms with Crippen LogP contribution in [0.1, 0.15) is 0 Å². The largest absolute Gasteiger partial charge is 0.501 e. The number of anilines is 1. The lowest BCUT2D eigenvalue weighted by molar-refractivity contribution is -0.0435. The Balaban J connectivity index is 3.35. The van der Waals surface area contributed by atoms with Crippen LogP contribution in [0.15, 0.2) is 29.2 Å². The van der Waals surface area contributed by atoms with Crippen molar-refractivity contribution in [1.29, 1.82) is 0 Å². The van der Waals surface area contributed by atoms with Crippen molar-refractivity contribution in [2.45, 2.75) is 10.4 Å².